The summed E-state index contributed by atoms with van der Waals surface area (Å²) in [6, 6.07) is 8.77. The second kappa shape index (κ2) is 3.91. The van der Waals surface area contributed by atoms with Crippen LogP contribution in [0.4, 0.5) is 0 Å². The Morgan fingerprint density at radius 1 is 1.31 bits per heavy atom. The van der Waals surface area contributed by atoms with Crippen molar-refractivity contribution in [3.63, 3.8) is 0 Å². The van der Waals surface area contributed by atoms with Crippen LogP contribution in [0.3, 0.4) is 0 Å². The minimum Gasteiger partial charge on any atom is -0.333 e. The van der Waals surface area contributed by atoms with Crippen molar-refractivity contribution in [3.05, 3.63) is 35.4 Å². The van der Waals surface area contributed by atoms with Crippen LogP contribution in [0.15, 0.2) is 24.3 Å². The first-order valence-electron chi connectivity index (χ1n) is 5.94. The number of nitrogens with zero attached hydrogens (tertiary/aromatic N) is 1. The molecule has 1 unspecified atom stereocenters. The number of aryl methyl sites for hydroxylation is 1. The molecule has 3 heteroatoms. The fraction of sp³-hybridized carbons (Fsp3) is 0.462. The normalized spacial score (nSPS) is 24.6. The molecule has 3 rings (SSSR count). The van der Waals surface area contributed by atoms with Gasteiger partial charge in [0.15, 0.2) is 0 Å². The van der Waals surface area contributed by atoms with Gasteiger partial charge in [0.05, 0.1) is 12.6 Å². The summed E-state index contributed by atoms with van der Waals surface area (Å²) >= 11 is 0. The average Bonchev–Trinajstić information content (AvgIpc) is 2.50. The van der Waals surface area contributed by atoms with E-state index in [1.807, 2.05) is 4.90 Å². The molecule has 2 aliphatic rings. The van der Waals surface area contributed by atoms with E-state index in [1.54, 1.807) is 0 Å². The van der Waals surface area contributed by atoms with Crippen LogP contribution in [0.2, 0.25) is 0 Å². The van der Waals surface area contributed by atoms with Gasteiger partial charge in [0.2, 0.25) is 5.91 Å². The van der Waals surface area contributed by atoms with Gasteiger partial charge in [-0.3, -0.25) is 4.79 Å². The largest absolute Gasteiger partial charge is 0.333 e. The highest BCUT2D eigenvalue weighted by molar-refractivity contribution is 5.79. The van der Waals surface area contributed by atoms with Crippen molar-refractivity contribution in [2.75, 3.05) is 19.6 Å². The number of hydrogen-bond acceptors (Lipinski definition) is 2. The lowest BCUT2D eigenvalue weighted by Gasteiger charge is -2.35. The van der Waals surface area contributed by atoms with E-state index in [2.05, 4.69) is 29.6 Å². The van der Waals surface area contributed by atoms with Crippen LogP contribution in [0.1, 0.15) is 23.6 Å². The number of carbonyl (C=O) groups is 1. The summed E-state index contributed by atoms with van der Waals surface area (Å²) in [4.78, 5) is 13.9. The number of nitrogens with one attached hydrogen (secondary N) is 1. The summed E-state index contributed by atoms with van der Waals surface area (Å²) in [6.45, 7) is 2.29. The molecule has 2 heterocycles. The first-order chi connectivity index (χ1) is 7.86. The number of benzene rings is 1. The Balaban J connectivity index is 2.03. The van der Waals surface area contributed by atoms with Crippen molar-refractivity contribution in [1.29, 1.82) is 0 Å². The van der Waals surface area contributed by atoms with Crippen LogP contribution in [0.25, 0.3) is 0 Å². The smallest absolute Gasteiger partial charge is 0.237 e. The summed E-state index contributed by atoms with van der Waals surface area (Å²) < 4.78 is 0. The van der Waals surface area contributed by atoms with Gasteiger partial charge in [0.25, 0.3) is 0 Å². The van der Waals surface area contributed by atoms with Gasteiger partial charge in [-0.1, -0.05) is 24.3 Å². The standard InChI is InChI=1S/C13H16N2O/c16-13-9-14-8-12-11-6-2-1-4-10(11)5-3-7-15(12)13/h1-2,4,6,12,14H,3,5,7-9H2. The molecule has 1 aromatic rings. The molecular formula is C13H16N2O. The summed E-state index contributed by atoms with van der Waals surface area (Å²) in [7, 11) is 0. The van der Waals surface area contributed by atoms with Crippen LogP contribution < -0.4 is 5.32 Å². The van der Waals surface area contributed by atoms with Crippen molar-refractivity contribution < 1.29 is 4.79 Å². The molecule has 1 fully saturated rings. The number of carbonyl (C=O) groups excluding carboxylic acids is 1. The van der Waals surface area contributed by atoms with Gasteiger partial charge in [0.1, 0.15) is 0 Å². The highest BCUT2D eigenvalue weighted by atomic mass is 16.2. The Morgan fingerprint density at radius 3 is 3.12 bits per heavy atom. The third-order valence-electron chi connectivity index (χ3n) is 3.57. The molecule has 3 nitrogen and oxygen atoms in total. The van der Waals surface area contributed by atoms with Crippen LogP contribution in [0, 0.1) is 0 Å². The Hall–Kier alpha value is -1.35. The summed E-state index contributed by atoms with van der Waals surface area (Å²) in [5.74, 6) is 0.243. The molecule has 84 valence electrons. The molecule has 16 heavy (non-hydrogen) atoms. The van der Waals surface area contributed by atoms with Crippen LogP contribution in [-0.2, 0) is 11.2 Å². The van der Waals surface area contributed by atoms with E-state index in [4.69, 9.17) is 0 Å². The van der Waals surface area contributed by atoms with Gasteiger partial charge in [0, 0.05) is 13.1 Å². The summed E-state index contributed by atoms with van der Waals surface area (Å²) in [5, 5.41) is 3.21. The third-order valence-corrected chi connectivity index (χ3v) is 3.57. The lowest BCUT2D eigenvalue weighted by Crippen LogP contribution is -2.49. The maximum absolute atomic E-state index is 11.9. The highest BCUT2D eigenvalue weighted by Crippen LogP contribution is 2.29. The second-order valence-corrected chi connectivity index (χ2v) is 4.54. The first-order valence-corrected chi connectivity index (χ1v) is 5.94. The Kier molecular flexibility index (Phi) is 2.40. The van der Waals surface area contributed by atoms with Crippen molar-refractivity contribution in [1.82, 2.24) is 10.2 Å². The predicted octanol–water partition coefficient (Wildman–Crippen LogP) is 1.11. The minimum atomic E-state index is 0.243. The highest BCUT2D eigenvalue weighted by Gasteiger charge is 2.31. The molecule has 1 amide bonds. The fourth-order valence-electron chi connectivity index (χ4n) is 2.79. The van der Waals surface area contributed by atoms with E-state index in [9.17, 15) is 4.79 Å². The molecule has 0 bridgehead atoms. The van der Waals surface area contributed by atoms with E-state index >= 15 is 0 Å². The molecule has 0 spiro atoms. The lowest BCUT2D eigenvalue weighted by atomic mass is 9.97. The lowest BCUT2D eigenvalue weighted by molar-refractivity contribution is -0.134. The van der Waals surface area contributed by atoms with Gasteiger partial charge in [-0.05, 0) is 24.0 Å². The van der Waals surface area contributed by atoms with Gasteiger partial charge >= 0.3 is 0 Å². The van der Waals surface area contributed by atoms with E-state index in [0.29, 0.717) is 6.54 Å². The monoisotopic (exact) mass is 216 g/mol. The van der Waals surface area contributed by atoms with E-state index < -0.39 is 0 Å². The molecule has 1 N–H and O–H groups in total. The number of rotatable bonds is 0. The molecule has 0 aromatic heterocycles. The van der Waals surface area contributed by atoms with Gasteiger partial charge < -0.3 is 10.2 Å². The molecule has 1 saturated heterocycles. The van der Waals surface area contributed by atoms with Gasteiger partial charge in [-0.25, -0.2) is 0 Å². The Bertz CT molecular complexity index is 416. The van der Waals surface area contributed by atoms with Crippen molar-refractivity contribution in [3.8, 4) is 0 Å². The molecule has 1 atom stereocenters. The molecular weight excluding hydrogens is 200 g/mol. The molecule has 0 radical (unpaired) electrons. The summed E-state index contributed by atoms with van der Waals surface area (Å²) in [5.41, 5.74) is 2.74. The topological polar surface area (TPSA) is 32.3 Å². The number of fused-ring (bicyclic) bond motifs is 3. The molecule has 0 saturated carbocycles. The third kappa shape index (κ3) is 1.52. The minimum absolute atomic E-state index is 0.243. The van der Waals surface area contributed by atoms with Gasteiger partial charge in [-0.2, -0.15) is 0 Å². The first kappa shape index (κ1) is 9.85. The fourth-order valence-corrected chi connectivity index (χ4v) is 2.79. The van der Waals surface area contributed by atoms with E-state index in [-0.39, 0.29) is 11.9 Å². The van der Waals surface area contributed by atoms with Crippen molar-refractivity contribution in [2.45, 2.75) is 18.9 Å². The van der Waals surface area contributed by atoms with Crippen molar-refractivity contribution >= 4 is 5.91 Å². The SMILES string of the molecule is O=C1CNCC2c3ccccc3CCCN12. The predicted molar refractivity (Wildman–Crippen MR) is 62.1 cm³/mol. The molecule has 1 aromatic carbocycles. The maximum Gasteiger partial charge on any atom is 0.237 e. The zero-order valence-electron chi connectivity index (χ0n) is 9.28. The van der Waals surface area contributed by atoms with Gasteiger partial charge in [-0.15, -0.1) is 0 Å². The Morgan fingerprint density at radius 2 is 2.19 bits per heavy atom. The maximum atomic E-state index is 11.9. The molecule has 0 aliphatic carbocycles. The number of hydrogen-bond donors (Lipinski definition) is 1. The number of piperazine rings is 1. The van der Waals surface area contributed by atoms with E-state index in [0.717, 1.165) is 25.9 Å². The van der Waals surface area contributed by atoms with E-state index in [1.165, 1.54) is 11.1 Å². The molecule has 2 aliphatic heterocycles. The quantitative estimate of drug-likeness (QED) is 0.704. The van der Waals surface area contributed by atoms with Crippen molar-refractivity contribution in [2.24, 2.45) is 0 Å². The zero-order chi connectivity index (χ0) is 11.0. The van der Waals surface area contributed by atoms with Crippen LogP contribution in [0.5, 0.6) is 0 Å². The second-order valence-electron chi connectivity index (χ2n) is 4.54. The Labute approximate surface area is 95.4 Å². The van der Waals surface area contributed by atoms with Crippen LogP contribution in [-0.4, -0.2) is 30.4 Å². The number of amides is 1. The average molecular weight is 216 g/mol. The summed E-state index contributed by atoms with van der Waals surface area (Å²) in [6.07, 6.45) is 2.18. The zero-order valence-corrected chi connectivity index (χ0v) is 9.28. The van der Waals surface area contributed by atoms with Crippen LogP contribution >= 0.6 is 0 Å².